The summed E-state index contributed by atoms with van der Waals surface area (Å²) in [7, 11) is 1.61. The number of imidazole rings is 1. The molecule has 34 heavy (non-hydrogen) atoms. The van der Waals surface area contributed by atoms with Crippen molar-refractivity contribution in [3.8, 4) is 11.5 Å². The molecular formula is C26H31N5O3. The van der Waals surface area contributed by atoms with Gasteiger partial charge < -0.3 is 24.3 Å². The number of methoxy groups -OCH3 is 1. The predicted molar refractivity (Wildman–Crippen MR) is 134 cm³/mol. The Balaban J connectivity index is 1.49. The molecule has 0 aliphatic heterocycles. The lowest BCUT2D eigenvalue weighted by molar-refractivity contribution is 0.287. The van der Waals surface area contributed by atoms with Crippen LogP contribution in [0.5, 0.6) is 11.5 Å². The van der Waals surface area contributed by atoms with Gasteiger partial charge in [0.2, 0.25) is 0 Å². The fraction of sp³-hybridized carbons (Fsp3) is 0.346. The summed E-state index contributed by atoms with van der Waals surface area (Å²) in [6, 6.07) is 5.37. The lowest BCUT2D eigenvalue weighted by Gasteiger charge is -2.17. The van der Waals surface area contributed by atoms with E-state index in [1.807, 2.05) is 38.5 Å². The van der Waals surface area contributed by atoms with Crippen LogP contribution in [0.15, 0.2) is 54.1 Å². The first-order valence-corrected chi connectivity index (χ1v) is 11.6. The Morgan fingerprint density at radius 3 is 2.59 bits per heavy atom. The van der Waals surface area contributed by atoms with Crippen molar-refractivity contribution in [1.29, 1.82) is 0 Å². The highest BCUT2D eigenvalue weighted by Gasteiger charge is 2.15. The monoisotopic (exact) mass is 461 g/mol. The fourth-order valence-corrected chi connectivity index (χ4v) is 4.06. The van der Waals surface area contributed by atoms with Crippen LogP contribution >= 0.6 is 0 Å². The van der Waals surface area contributed by atoms with Gasteiger partial charge in [-0.15, -0.1) is 0 Å². The van der Waals surface area contributed by atoms with E-state index in [1.165, 1.54) is 0 Å². The first kappa shape index (κ1) is 23.4. The van der Waals surface area contributed by atoms with Gasteiger partial charge in [0.1, 0.15) is 0 Å². The van der Waals surface area contributed by atoms with E-state index in [4.69, 9.17) is 9.47 Å². The number of pyridine rings is 2. The van der Waals surface area contributed by atoms with Crippen molar-refractivity contribution in [3.63, 3.8) is 0 Å². The molecule has 0 aliphatic rings. The third kappa shape index (κ3) is 5.39. The number of aromatic nitrogens is 4. The summed E-state index contributed by atoms with van der Waals surface area (Å²) in [6.07, 6.45) is 13.4. The van der Waals surface area contributed by atoms with Gasteiger partial charge in [0, 0.05) is 48.5 Å². The number of unbranched alkanes of at least 4 members (excludes halogenated alkanes) is 3. The molecule has 8 nitrogen and oxygen atoms in total. The second-order valence-electron chi connectivity index (χ2n) is 8.40. The summed E-state index contributed by atoms with van der Waals surface area (Å²) in [6.45, 7) is 5.50. The Labute approximate surface area is 199 Å². The average molecular weight is 462 g/mol. The van der Waals surface area contributed by atoms with Crippen LogP contribution in [-0.2, 0) is 6.54 Å². The zero-order chi connectivity index (χ0) is 23.9. The minimum atomic E-state index is -0.211. The van der Waals surface area contributed by atoms with Gasteiger partial charge in [-0.1, -0.05) is 12.8 Å². The molecule has 8 heteroatoms. The van der Waals surface area contributed by atoms with E-state index < -0.39 is 0 Å². The van der Waals surface area contributed by atoms with E-state index in [0.29, 0.717) is 29.3 Å². The highest BCUT2D eigenvalue weighted by molar-refractivity contribution is 5.97. The molecule has 0 bridgehead atoms. The average Bonchev–Trinajstić information content (AvgIpc) is 3.34. The molecule has 0 fully saturated rings. The number of hydrogen-bond donors (Lipinski definition) is 2. The van der Waals surface area contributed by atoms with Crippen LogP contribution in [-0.4, -0.2) is 33.2 Å². The molecule has 4 rings (SSSR count). The standard InChI is InChI=1S/C26H31N5O3/c1-18-15-28-16-19(2)24(18)29-21-14-23(32)30-25-20(21)8-9-22(33-3)26(25)34-13-7-5-4-6-11-31-12-10-27-17-31/h8-10,12,14-17H,4-7,11,13H2,1-3H3,(H2,28,29,30,32). The van der Waals surface area contributed by atoms with Crippen molar-refractivity contribution in [3.05, 3.63) is 70.8 Å². The minimum Gasteiger partial charge on any atom is -0.493 e. The Kier molecular flexibility index (Phi) is 7.47. The van der Waals surface area contributed by atoms with Crippen molar-refractivity contribution in [1.82, 2.24) is 19.5 Å². The maximum Gasteiger partial charge on any atom is 0.250 e. The second kappa shape index (κ2) is 10.9. The number of nitrogens with zero attached hydrogens (tertiary/aromatic N) is 3. The molecule has 0 radical (unpaired) electrons. The largest absolute Gasteiger partial charge is 0.493 e. The number of hydrogen-bond acceptors (Lipinski definition) is 6. The number of aryl methyl sites for hydroxylation is 3. The molecule has 0 atom stereocenters. The van der Waals surface area contributed by atoms with E-state index in [1.54, 1.807) is 31.8 Å². The Hall–Kier alpha value is -3.81. The number of rotatable bonds is 11. The van der Waals surface area contributed by atoms with Gasteiger partial charge in [-0.25, -0.2) is 4.98 Å². The molecule has 3 heterocycles. The Bertz CT molecular complexity index is 1280. The molecule has 0 saturated heterocycles. The van der Waals surface area contributed by atoms with Gasteiger partial charge in [0.15, 0.2) is 11.5 Å². The smallest absolute Gasteiger partial charge is 0.250 e. The summed E-state index contributed by atoms with van der Waals surface area (Å²) < 4.78 is 13.8. The topological polar surface area (TPSA) is 94.1 Å². The molecule has 2 N–H and O–H groups in total. The molecular weight excluding hydrogens is 430 g/mol. The molecule has 178 valence electrons. The van der Waals surface area contributed by atoms with Gasteiger partial charge in [-0.05, 0) is 49.9 Å². The van der Waals surface area contributed by atoms with E-state index in [2.05, 4.69) is 24.8 Å². The molecule has 1 aromatic carbocycles. The fourth-order valence-electron chi connectivity index (χ4n) is 4.06. The summed E-state index contributed by atoms with van der Waals surface area (Å²) in [4.78, 5) is 23.8. The van der Waals surface area contributed by atoms with Crippen molar-refractivity contribution >= 4 is 22.3 Å². The number of H-pyrrole nitrogens is 1. The summed E-state index contributed by atoms with van der Waals surface area (Å²) in [5, 5.41) is 4.28. The Morgan fingerprint density at radius 1 is 1.06 bits per heavy atom. The molecule has 0 saturated carbocycles. The van der Waals surface area contributed by atoms with Gasteiger partial charge in [0.25, 0.3) is 5.56 Å². The lowest BCUT2D eigenvalue weighted by atomic mass is 10.1. The van der Waals surface area contributed by atoms with Crippen LogP contribution in [0.25, 0.3) is 10.9 Å². The van der Waals surface area contributed by atoms with E-state index >= 15 is 0 Å². The summed E-state index contributed by atoms with van der Waals surface area (Å²) in [5.74, 6) is 1.15. The van der Waals surface area contributed by atoms with E-state index in [-0.39, 0.29) is 5.56 Å². The quantitative estimate of drug-likeness (QED) is 0.301. The highest BCUT2D eigenvalue weighted by atomic mass is 16.5. The van der Waals surface area contributed by atoms with E-state index in [0.717, 1.165) is 54.4 Å². The first-order chi connectivity index (χ1) is 16.6. The number of nitrogens with one attached hydrogen (secondary N) is 2. The van der Waals surface area contributed by atoms with Gasteiger partial charge in [-0.3, -0.25) is 9.78 Å². The first-order valence-electron chi connectivity index (χ1n) is 11.6. The number of benzene rings is 1. The number of fused-ring (bicyclic) bond motifs is 1. The summed E-state index contributed by atoms with van der Waals surface area (Å²) in [5.41, 5.74) is 4.08. The maximum atomic E-state index is 12.6. The zero-order valence-electron chi connectivity index (χ0n) is 19.9. The maximum absolute atomic E-state index is 12.6. The molecule has 0 spiro atoms. The molecule has 3 aromatic heterocycles. The zero-order valence-corrected chi connectivity index (χ0v) is 19.9. The molecule has 0 unspecified atom stereocenters. The SMILES string of the molecule is COc1ccc2c(Nc3c(C)cncc3C)cc(=O)[nH]c2c1OCCCCCCn1ccnc1. The predicted octanol–water partition coefficient (Wildman–Crippen LogP) is 5.13. The minimum absolute atomic E-state index is 0.211. The second-order valence-corrected chi connectivity index (χ2v) is 8.40. The highest BCUT2D eigenvalue weighted by Crippen LogP contribution is 2.37. The van der Waals surface area contributed by atoms with Gasteiger partial charge in [-0.2, -0.15) is 0 Å². The van der Waals surface area contributed by atoms with Crippen molar-refractivity contribution in [2.75, 3.05) is 19.0 Å². The third-order valence-corrected chi connectivity index (χ3v) is 5.86. The van der Waals surface area contributed by atoms with Crippen LogP contribution in [0.1, 0.15) is 36.8 Å². The third-order valence-electron chi connectivity index (χ3n) is 5.86. The van der Waals surface area contributed by atoms with Crippen molar-refractivity contribution < 1.29 is 9.47 Å². The van der Waals surface area contributed by atoms with Crippen molar-refractivity contribution in [2.45, 2.75) is 46.1 Å². The molecule has 4 aromatic rings. The molecule has 0 aliphatic carbocycles. The number of aromatic amines is 1. The van der Waals surface area contributed by atoms with Crippen molar-refractivity contribution in [2.24, 2.45) is 0 Å². The summed E-state index contributed by atoms with van der Waals surface area (Å²) >= 11 is 0. The van der Waals surface area contributed by atoms with Gasteiger partial charge in [0.05, 0.1) is 31.2 Å². The lowest BCUT2D eigenvalue weighted by Crippen LogP contribution is -2.09. The van der Waals surface area contributed by atoms with Crippen LogP contribution in [0, 0.1) is 13.8 Å². The number of anilines is 2. The van der Waals surface area contributed by atoms with E-state index in [9.17, 15) is 4.79 Å². The van der Waals surface area contributed by atoms with Crippen LogP contribution in [0.2, 0.25) is 0 Å². The van der Waals surface area contributed by atoms with Crippen LogP contribution in [0.4, 0.5) is 11.4 Å². The van der Waals surface area contributed by atoms with Crippen LogP contribution < -0.4 is 20.3 Å². The van der Waals surface area contributed by atoms with Gasteiger partial charge >= 0.3 is 0 Å². The molecule has 0 amide bonds. The normalized spacial score (nSPS) is 11.0. The number of ether oxygens (including phenoxy) is 2. The Morgan fingerprint density at radius 2 is 1.85 bits per heavy atom. The van der Waals surface area contributed by atoms with Crippen LogP contribution in [0.3, 0.4) is 0 Å².